The first kappa shape index (κ1) is 12.0. The summed E-state index contributed by atoms with van der Waals surface area (Å²) in [6.45, 7) is 0.391. The van der Waals surface area contributed by atoms with Crippen LogP contribution < -0.4 is 11.1 Å². The second-order valence-corrected chi connectivity index (χ2v) is 3.57. The summed E-state index contributed by atoms with van der Waals surface area (Å²) in [5.41, 5.74) is 7.41. The van der Waals surface area contributed by atoms with Crippen molar-refractivity contribution in [3.05, 3.63) is 42.1 Å². The molecule has 0 fully saturated rings. The van der Waals surface area contributed by atoms with Crippen molar-refractivity contribution in [2.75, 3.05) is 18.2 Å². The van der Waals surface area contributed by atoms with Crippen molar-refractivity contribution < 1.29 is 13.9 Å². The van der Waals surface area contributed by atoms with Gasteiger partial charge in [0, 0.05) is 0 Å². The third-order valence-corrected chi connectivity index (χ3v) is 2.39. The van der Waals surface area contributed by atoms with Crippen molar-refractivity contribution in [3.8, 4) is 0 Å². The fourth-order valence-electron chi connectivity index (χ4n) is 1.47. The van der Waals surface area contributed by atoms with Gasteiger partial charge in [0.15, 0.2) is 0 Å². The number of anilines is 2. The van der Waals surface area contributed by atoms with E-state index in [1.54, 1.807) is 24.4 Å². The number of ether oxygens (including phenoxy) is 1. The number of nitrogens with one attached hydrogen (secondary N) is 1. The molecule has 0 aliphatic heterocycles. The Morgan fingerprint density at radius 2 is 2.39 bits per heavy atom. The van der Waals surface area contributed by atoms with E-state index in [-0.39, 0.29) is 0 Å². The first-order valence-electron chi connectivity index (χ1n) is 5.31. The van der Waals surface area contributed by atoms with Crippen LogP contribution in [0.4, 0.5) is 11.4 Å². The number of carbonyl (C=O) groups is 1. The molecule has 94 valence electrons. The number of nitrogens with zero attached hydrogens (tertiary/aromatic N) is 1. The molecule has 6 heteroatoms. The summed E-state index contributed by atoms with van der Waals surface area (Å²) in [4.78, 5) is 15.4. The number of hydrogen-bond donors (Lipinski definition) is 2. The van der Waals surface area contributed by atoms with E-state index in [0.717, 1.165) is 0 Å². The molecule has 0 spiro atoms. The third kappa shape index (κ3) is 2.60. The molecule has 1 aromatic carbocycles. The number of esters is 1. The van der Waals surface area contributed by atoms with Gasteiger partial charge in [0.05, 0.1) is 36.8 Å². The van der Waals surface area contributed by atoms with Crippen LogP contribution in [0.3, 0.4) is 0 Å². The van der Waals surface area contributed by atoms with Crippen molar-refractivity contribution >= 4 is 17.3 Å². The van der Waals surface area contributed by atoms with Gasteiger partial charge in [0.1, 0.15) is 6.26 Å². The van der Waals surface area contributed by atoms with Gasteiger partial charge >= 0.3 is 5.97 Å². The second kappa shape index (κ2) is 5.22. The number of nitrogens with two attached hydrogens (primary N) is 1. The Kier molecular flexibility index (Phi) is 3.47. The Morgan fingerprint density at radius 3 is 3.06 bits per heavy atom. The number of benzene rings is 1. The predicted octanol–water partition coefficient (Wildman–Crippen LogP) is 1.66. The highest BCUT2D eigenvalue weighted by Crippen LogP contribution is 2.21. The predicted molar refractivity (Wildman–Crippen MR) is 66.0 cm³/mol. The second-order valence-electron chi connectivity index (χ2n) is 3.57. The summed E-state index contributed by atoms with van der Waals surface area (Å²) < 4.78 is 9.73. The van der Waals surface area contributed by atoms with E-state index in [0.29, 0.717) is 29.4 Å². The Bertz CT molecular complexity index is 538. The van der Waals surface area contributed by atoms with Crippen LogP contribution in [0.25, 0.3) is 0 Å². The maximum absolute atomic E-state index is 11.4. The van der Waals surface area contributed by atoms with Gasteiger partial charge in [0.25, 0.3) is 0 Å². The zero-order valence-corrected chi connectivity index (χ0v) is 9.84. The summed E-state index contributed by atoms with van der Waals surface area (Å²) in [7, 11) is 1.33. The van der Waals surface area contributed by atoms with E-state index in [1.807, 2.05) is 0 Å². The molecule has 0 atom stereocenters. The van der Waals surface area contributed by atoms with Gasteiger partial charge in [-0.2, -0.15) is 0 Å². The monoisotopic (exact) mass is 247 g/mol. The lowest BCUT2D eigenvalue weighted by Gasteiger charge is -2.09. The molecule has 0 bridgehead atoms. The summed E-state index contributed by atoms with van der Waals surface area (Å²) in [5, 5.41) is 3.05. The van der Waals surface area contributed by atoms with Crippen molar-refractivity contribution in [3.63, 3.8) is 0 Å². The summed E-state index contributed by atoms with van der Waals surface area (Å²) in [6.07, 6.45) is 3.05. The van der Waals surface area contributed by atoms with E-state index in [2.05, 4.69) is 15.0 Å². The Hall–Kier alpha value is -2.50. The van der Waals surface area contributed by atoms with Crippen molar-refractivity contribution in [1.29, 1.82) is 0 Å². The van der Waals surface area contributed by atoms with E-state index in [1.165, 1.54) is 13.4 Å². The van der Waals surface area contributed by atoms with Gasteiger partial charge < -0.3 is 20.2 Å². The SMILES string of the molecule is COC(=O)c1ccc(N)c(NCc2ncco2)c1. The summed E-state index contributed by atoms with van der Waals surface area (Å²) in [6, 6.07) is 4.88. The maximum Gasteiger partial charge on any atom is 0.337 e. The van der Waals surface area contributed by atoms with Crippen LogP contribution in [0.2, 0.25) is 0 Å². The summed E-state index contributed by atoms with van der Waals surface area (Å²) >= 11 is 0. The Labute approximate surface area is 104 Å². The molecular formula is C12H13N3O3. The van der Waals surface area contributed by atoms with Crippen LogP contribution in [0.1, 0.15) is 16.2 Å². The number of nitrogen functional groups attached to an aromatic ring is 1. The van der Waals surface area contributed by atoms with Crippen LogP contribution in [0.15, 0.2) is 35.1 Å². The highest BCUT2D eigenvalue weighted by Gasteiger charge is 2.08. The van der Waals surface area contributed by atoms with Crippen LogP contribution >= 0.6 is 0 Å². The molecule has 18 heavy (non-hydrogen) atoms. The number of methoxy groups -OCH3 is 1. The van der Waals surface area contributed by atoms with E-state index >= 15 is 0 Å². The lowest BCUT2D eigenvalue weighted by atomic mass is 10.1. The number of hydrogen-bond acceptors (Lipinski definition) is 6. The highest BCUT2D eigenvalue weighted by atomic mass is 16.5. The van der Waals surface area contributed by atoms with Gasteiger partial charge in [-0.1, -0.05) is 0 Å². The van der Waals surface area contributed by atoms with Gasteiger partial charge in [-0.25, -0.2) is 9.78 Å². The molecule has 0 saturated carbocycles. The molecule has 0 aliphatic rings. The smallest absolute Gasteiger partial charge is 0.337 e. The zero-order chi connectivity index (χ0) is 13.0. The quantitative estimate of drug-likeness (QED) is 0.630. The molecule has 2 aromatic rings. The van der Waals surface area contributed by atoms with Crippen LogP contribution in [-0.2, 0) is 11.3 Å². The number of aromatic nitrogens is 1. The zero-order valence-electron chi connectivity index (χ0n) is 9.84. The molecule has 0 saturated heterocycles. The van der Waals surface area contributed by atoms with Crippen LogP contribution in [0.5, 0.6) is 0 Å². The first-order chi connectivity index (χ1) is 8.70. The maximum atomic E-state index is 11.4. The molecule has 0 radical (unpaired) electrons. The van der Waals surface area contributed by atoms with Gasteiger partial charge in [-0.3, -0.25) is 0 Å². The average molecular weight is 247 g/mol. The summed E-state index contributed by atoms with van der Waals surface area (Å²) in [5.74, 6) is 0.132. The van der Waals surface area contributed by atoms with Gasteiger partial charge in [-0.05, 0) is 18.2 Å². The standard InChI is InChI=1S/C12H13N3O3/c1-17-12(16)8-2-3-9(13)10(6-8)15-7-11-14-4-5-18-11/h2-6,15H,7,13H2,1H3. The highest BCUT2D eigenvalue weighted by molar-refractivity contribution is 5.91. The molecule has 1 aromatic heterocycles. The molecule has 0 unspecified atom stereocenters. The molecule has 2 rings (SSSR count). The van der Waals surface area contributed by atoms with Gasteiger partial charge in [0.2, 0.25) is 5.89 Å². The molecule has 0 amide bonds. The average Bonchev–Trinajstić information content (AvgIpc) is 2.90. The van der Waals surface area contributed by atoms with E-state index in [4.69, 9.17) is 10.2 Å². The minimum Gasteiger partial charge on any atom is -0.465 e. The lowest BCUT2D eigenvalue weighted by Crippen LogP contribution is -2.06. The minimum absolute atomic E-state index is 0.391. The number of carbonyl (C=O) groups excluding carboxylic acids is 1. The van der Waals surface area contributed by atoms with Gasteiger partial charge in [-0.15, -0.1) is 0 Å². The normalized spacial score (nSPS) is 10.1. The number of rotatable bonds is 4. The van der Waals surface area contributed by atoms with Crippen LogP contribution in [-0.4, -0.2) is 18.1 Å². The first-order valence-corrected chi connectivity index (χ1v) is 5.31. The number of oxazole rings is 1. The molecular weight excluding hydrogens is 234 g/mol. The largest absolute Gasteiger partial charge is 0.465 e. The topological polar surface area (TPSA) is 90.4 Å². The third-order valence-electron chi connectivity index (χ3n) is 2.39. The van der Waals surface area contributed by atoms with E-state index in [9.17, 15) is 4.79 Å². The molecule has 0 aliphatic carbocycles. The molecule has 6 nitrogen and oxygen atoms in total. The van der Waals surface area contributed by atoms with Crippen molar-refractivity contribution in [1.82, 2.24) is 4.98 Å². The fourth-order valence-corrected chi connectivity index (χ4v) is 1.47. The Morgan fingerprint density at radius 1 is 1.56 bits per heavy atom. The minimum atomic E-state index is -0.408. The van der Waals surface area contributed by atoms with E-state index < -0.39 is 5.97 Å². The van der Waals surface area contributed by atoms with Crippen molar-refractivity contribution in [2.45, 2.75) is 6.54 Å². The Balaban J connectivity index is 2.13. The van der Waals surface area contributed by atoms with Crippen LogP contribution in [0, 0.1) is 0 Å². The fraction of sp³-hybridized carbons (Fsp3) is 0.167. The van der Waals surface area contributed by atoms with Crippen molar-refractivity contribution in [2.24, 2.45) is 0 Å². The molecule has 1 heterocycles. The molecule has 3 N–H and O–H groups in total. The lowest BCUT2D eigenvalue weighted by molar-refractivity contribution is 0.0601.